The molecule has 0 aromatic heterocycles. The third kappa shape index (κ3) is 2.85. The largest absolute Gasteiger partial charge is 0.411 e. The molecule has 0 radical (unpaired) electrons. The number of carbonyl (C=O) groups is 3. The molecule has 0 amide bonds. The van der Waals surface area contributed by atoms with Gasteiger partial charge in [0.05, 0.1) is 0 Å². The zero-order valence-corrected chi connectivity index (χ0v) is 10.7. The zero-order valence-electron chi connectivity index (χ0n) is 10.7. The van der Waals surface area contributed by atoms with Crippen molar-refractivity contribution >= 4 is 17.7 Å². The zero-order chi connectivity index (χ0) is 13.8. The van der Waals surface area contributed by atoms with Crippen LogP contribution in [0.1, 0.15) is 33.6 Å². The molecule has 1 rings (SSSR count). The Kier molecular flexibility index (Phi) is 4.42. The van der Waals surface area contributed by atoms with E-state index in [9.17, 15) is 14.4 Å². The lowest BCUT2D eigenvalue weighted by Gasteiger charge is -2.33. The van der Waals surface area contributed by atoms with E-state index < -0.39 is 23.5 Å². The van der Waals surface area contributed by atoms with Crippen molar-refractivity contribution in [3.05, 3.63) is 23.8 Å². The van der Waals surface area contributed by atoms with Crippen LogP contribution in [0.3, 0.4) is 0 Å². The van der Waals surface area contributed by atoms with E-state index in [-0.39, 0.29) is 0 Å². The molecule has 18 heavy (non-hydrogen) atoms. The molecule has 0 fully saturated rings. The molecule has 0 saturated carbocycles. The highest BCUT2D eigenvalue weighted by Gasteiger charge is 2.48. The fraction of sp³-hybridized carbons (Fsp3) is 0.462. The number of hydrogen-bond acceptors (Lipinski definition) is 5. The summed E-state index contributed by atoms with van der Waals surface area (Å²) in [5.41, 5.74) is 0.475. The van der Waals surface area contributed by atoms with Gasteiger partial charge in [0.25, 0.3) is 0 Å². The number of allylic oxidation sites excluding steroid dienone is 2. The van der Waals surface area contributed by atoms with Crippen molar-refractivity contribution in [2.24, 2.45) is 0 Å². The molecular formula is C13H16O5. The van der Waals surface area contributed by atoms with Crippen LogP contribution in [0, 0.1) is 0 Å². The van der Waals surface area contributed by atoms with Gasteiger partial charge in [-0.25, -0.2) is 0 Å². The maximum Gasteiger partial charge on any atom is 0.343 e. The third-order valence-electron chi connectivity index (χ3n) is 2.39. The smallest absolute Gasteiger partial charge is 0.343 e. The normalized spacial score (nSPS) is 17.1. The molecule has 98 valence electrons. The summed E-state index contributed by atoms with van der Waals surface area (Å²) >= 11 is 0. The predicted molar refractivity (Wildman–Crippen MR) is 63.4 cm³/mol. The average Bonchev–Trinajstić information content (AvgIpc) is 2.23. The van der Waals surface area contributed by atoms with Gasteiger partial charge in [-0.3, -0.25) is 14.4 Å². The predicted octanol–water partition coefficient (Wildman–Crippen LogP) is 1.67. The van der Waals surface area contributed by atoms with Crippen LogP contribution in [0.4, 0.5) is 0 Å². The molecule has 0 unspecified atom stereocenters. The molecule has 0 heterocycles. The minimum Gasteiger partial charge on any atom is -0.411 e. The van der Waals surface area contributed by atoms with Gasteiger partial charge in [0.1, 0.15) is 0 Å². The summed E-state index contributed by atoms with van der Waals surface area (Å²) in [6.45, 7) is 4.25. The Morgan fingerprint density at radius 1 is 1.22 bits per heavy atom. The van der Waals surface area contributed by atoms with Crippen molar-refractivity contribution in [1.82, 2.24) is 0 Å². The molecule has 1 aliphatic carbocycles. The van der Waals surface area contributed by atoms with Crippen LogP contribution in [0.5, 0.6) is 0 Å². The van der Waals surface area contributed by atoms with Crippen LogP contribution in [0.15, 0.2) is 23.8 Å². The van der Waals surface area contributed by atoms with E-state index in [1.165, 1.54) is 19.9 Å². The Morgan fingerprint density at radius 3 is 2.22 bits per heavy atom. The maximum absolute atomic E-state index is 12.0. The number of ether oxygens (including phenoxy) is 2. The van der Waals surface area contributed by atoms with E-state index in [1.807, 2.05) is 6.92 Å². The summed E-state index contributed by atoms with van der Waals surface area (Å²) in [7, 11) is 0. The number of hydrogen-bond donors (Lipinski definition) is 0. The SMILES string of the molecule is CCCC1=CC=CC(=O)C1(OC(C)=O)OC(C)=O. The second-order valence-corrected chi connectivity index (χ2v) is 3.97. The molecule has 0 aliphatic heterocycles. The van der Waals surface area contributed by atoms with Gasteiger partial charge in [-0.2, -0.15) is 0 Å². The molecule has 0 spiro atoms. The summed E-state index contributed by atoms with van der Waals surface area (Å²) in [6, 6.07) is 0. The first-order chi connectivity index (χ1) is 8.42. The highest BCUT2D eigenvalue weighted by Crippen LogP contribution is 2.32. The van der Waals surface area contributed by atoms with Gasteiger partial charge in [-0.05, 0) is 12.5 Å². The molecule has 0 bridgehead atoms. The maximum atomic E-state index is 12.0. The van der Waals surface area contributed by atoms with E-state index >= 15 is 0 Å². The lowest BCUT2D eigenvalue weighted by molar-refractivity contribution is -0.211. The van der Waals surface area contributed by atoms with Gasteiger partial charge in [0.2, 0.25) is 5.78 Å². The van der Waals surface area contributed by atoms with Crippen molar-refractivity contribution in [2.75, 3.05) is 0 Å². The average molecular weight is 252 g/mol. The van der Waals surface area contributed by atoms with E-state index in [0.717, 1.165) is 6.42 Å². The number of ketones is 1. The Bertz CT molecular complexity index is 415. The van der Waals surface area contributed by atoms with Crippen molar-refractivity contribution < 1.29 is 23.9 Å². The molecule has 0 aromatic carbocycles. The molecule has 1 aliphatic rings. The van der Waals surface area contributed by atoms with E-state index in [1.54, 1.807) is 12.2 Å². The minimum absolute atomic E-state index is 0.475. The van der Waals surface area contributed by atoms with Crippen molar-refractivity contribution in [2.45, 2.75) is 39.4 Å². The van der Waals surface area contributed by atoms with Crippen LogP contribution in [-0.4, -0.2) is 23.5 Å². The van der Waals surface area contributed by atoms with Crippen molar-refractivity contribution in [3.63, 3.8) is 0 Å². The summed E-state index contributed by atoms with van der Waals surface area (Å²) in [4.78, 5) is 34.3. The fourth-order valence-corrected chi connectivity index (χ4v) is 1.80. The minimum atomic E-state index is -1.91. The quantitative estimate of drug-likeness (QED) is 0.562. The molecule has 0 saturated heterocycles. The molecule has 5 nitrogen and oxygen atoms in total. The van der Waals surface area contributed by atoms with Crippen molar-refractivity contribution in [1.29, 1.82) is 0 Å². The number of esters is 2. The molecule has 0 aromatic rings. The van der Waals surface area contributed by atoms with Gasteiger partial charge in [-0.1, -0.05) is 25.5 Å². The lowest BCUT2D eigenvalue weighted by atomic mass is 9.92. The summed E-state index contributed by atoms with van der Waals surface area (Å²) in [6.07, 6.45) is 5.65. The van der Waals surface area contributed by atoms with E-state index in [4.69, 9.17) is 9.47 Å². The number of carbonyl (C=O) groups excluding carboxylic acids is 3. The van der Waals surface area contributed by atoms with Gasteiger partial charge in [-0.15, -0.1) is 0 Å². The summed E-state index contributed by atoms with van der Waals surface area (Å²) in [5, 5.41) is 0. The van der Waals surface area contributed by atoms with Crippen LogP contribution in [-0.2, 0) is 23.9 Å². The van der Waals surface area contributed by atoms with Crippen LogP contribution in [0.2, 0.25) is 0 Å². The highest BCUT2D eigenvalue weighted by atomic mass is 16.7. The third-order valence-corrected chi connectivity index (χ3v) is 2.39. The lowest BCUT2D eigenvalue weighted by Crippen LogP contribution is -2.48. The van der Waals surface area contributed by atoms with Crippen LogP contribution in [0.25, 0.3) is 0 Å². The highest BCUT2D eigenvalue weighted by molar-refractivity contribution is 6.02. The van der Waals surface area contributed by atoms with Gasteiger partial charge in [0.15, 0.2) is 0 Å². The number of rotatable bonds is 4. The first-order valence-corrected chi connectivity index (χ1v) is 5.73. The van der Waals surface area contributed by atoms with E-state index in [2.05, 4.69) is 0 Å². The first-order valence-electron chi connectivity index (χ1n) is 5.73. The molecule has 5 heteroatoms. The van der Waals surface area contributed by atoms with Gasteiger partial charge >= 0.3 is 17.7 Å². The topological polar surface area (TPSA) is 69.7 Å². The Hall–Kier alpha value is -1.91. The molecule has 0 atom stereocenters. The van der Waals surface area contributed by atoms with Crippen LogP contribution >= 0.6 is 0 Å². The van der Waals surface area contributed by atoms with Crippen LogP contribution < -0.4 is 0 Å². The van der Waals surface area contributed by atoms with E-state index in [0.29, 0.717) is 12.0 Å². The Labute approximate surface area is 105 Å². The second kappa shape index (κ2) is 5.62. The fourth-order valence-electron chi connectivity index (χ4n) is 1.80. The Morgan fingerprint density at radius 2 is 1.78 bits per heavy atom. The second-order valence-electron chi connectivity index (χ2n) is 3.97. The molecule has 0 N–H and O–H groups in total. The monoisotopic (exact) mass is 252 g/mol. The summed E-state index contributed by atoms with van der Waals surface area (Å²) < 4.78 is 10.0. The van der Waals surface area contributed by atoms with Gasteiger partial charge in [0, 0.05) is 19.4 Å². The first kappa shape index (κ1) is 14.2. The molecular weight excluding hydrogens is 236 g/mol. The summed E-state index contributed by atoms with van der Waals surface area (Å²) in [5.74, 6) is -3.83. The Balaban J connectivity index is 3.21. The standard InChI is InChI=1S/C13H16O5/c1-4-6-11-7-5-8-12(16)13(11,17-9(2)14)18-10(3)15/h5,7-8H,4,6H2,1-3H3. The van der Waals surface area contributed by atoms with Gasteiger partial charge < -0.3 is 9.47 Å². The van der Waals surface area contributed by atoms with Crippen molar-refractivity contribution in [3.8, 4) is 0 Å².